The van der Waals surface area contributed by atoms with Gasteiger partial charge in [0.25, 0.3) is 0 Å². The molecule has 1 aliphatic rings. The molecule has 1 atom stereocenters. The second-order valence-electron chi connectivity index (χ2n) is 9.19. The first-order valence-electron chi connectivity index (χ1n) is 12.8. The highest BCUT2D eigenvalue weighted by molar-refractivity contribution is 5.98. The third-order valence-corrected chi connectivity index (χ3v) is 7.59. The number of anilines is 1. The van der Waals surface area contributed by atoms with Gasteiger partial charge in [-0.25, -0.2) is 4.79 Å². The number of phenols is 1. The summed E-state index contributed by atoms with van der Waals surface area (Å²) in [6, 6.07) is 15.7. The van der Waals surface area contributed by atoms with Crippen LogP contribution in [0.2, 0.25) is 0 Å². The van der Waals surface area contributed by atoms with Crippen molar-refractivity contribution in [2.45, 2.75) is 53.2 Å². The number of esters is 1. The molecule has 186 valence electrons. The minimum atomic E-state index is -1.38. The Labute approximate surface area is 212 Å². The first-order valence-corrected chi connectivity index (χ1v) is 12.8. The van der Waals surface area contributed by atoms with Gasteiger partial charge in [0.2, 0.25) is 5.60 Å². The fourth-order valence-corrected chi connectivity index (χ4v) is 5.97. The van der Waals surface area contributed by atoms with Crippen LogP contribution in [0.25, 0.3) is 10.9 Å². The Morgan fingerprint density at radius 3 is 2.44 bits per heavy atom. The normalized spacial score (nSPS) is 16.9. The van der Waals surface area contributed by atoms with Crippen molar-refractivity contribution in [1.29, 1.82) is 0 Å². The molecule has 1 aliphatic heterocycles. The Morgan fingerprint density at radius 1 is 1.00 bits per heavy atom. The maximum Gasteiger partial charge on any atom is 0.341 e. The number of pyridine rings is 1. The van der Waals surface area contributed by atoms with Gasteiger partial charge in [0.15, 0.2) is 0 Å². The number of hydrogen-bond acceptors (Lipinski definition) is 5. The zero-order chi connectivity index (χ0) is 25.6. The minimum Gasteiger partial charge on any atom is -0.505 e. The summed E-state index contributed by atoms with van der Waals surface area (Å²) < 4.78 is 8.70. The fourth-order valence-electron chi connectivity index (χ4n) is 5.97. The number of carbonyl (C=O) groups is 1. The Hall–Kier alpha value is -3.80. The van der Waals surface area contributed by atoms with Gasteiger partial charge in [0.1, 0.15) is 11.4 Å². The van der Waals surface area contributed by atoms with Crippen molar-refractivity contribution >= 4 is 22.6 Å². The average Bonchev–Trinajstić information content (AvgIpc) is 3.36. The summed E-state index contributed by atoms with van der Waals surface area (Å²) in [6.07, 6.45) is 2.36. The van der Waals surface area contributed by atoms with Gasteiger partial charge in [-0.2, -0.15) is 0 Å². The molecule has 1 unspecified atom stereocenters. The van der Waals surface area contributed by atoms with E-state index in [1.54, 1.807) is 18.3 Å². The van der Waals surface area contributed by atoms with Crippen molar-refractivity contribution < 1.29 is 14.6 Å². The molecule has 1 N–H and O–H groups in total. The smallest absolute Gasteiger partial charge is 0.341 e. The van der Waals surface area contributed by atoms with E-state index in [0.29, 0.717) is 23.2 Å². The first kappa shape index (κ1) is 23.9. The van der Waals surface area contributed by atoms with E-state index in [1.165, 1.54) is 0 Å². The van der Waals surface area contributed by atoms with E-state index < -0.39 is 11.6 Å². The summed E-state index contributed by atoms with van der Waals surface area (Å²) in [5.74, 6) is -0.294. The van der Waals surface area contributed by atoms with Crippen LogP contribution in [0, 0.1) is 6.92 Å². The number of fused-ring (bicyclic) bond motifs is 2. The van der Waals surface area contributed by atoms with Gasteiger partial charge in [0.05, 0.1) is 16.8 Å². The number of aromatic nitrogens is 2. The summed E-state index contributed by atoms with van der Waals surface area (Å²) in [5, 5.41) is 13.0. The van der Waals surface area contributed by atoms with Crippen molar-refractivity contribution in [2.24, 2.45) is 0 Å². The molecule has 3 heterocycles. The maximum absolute atomic E-state index is 13.4. The molecule has 6 nitrogen and oxygen atoms in total. The topological polar surface area (TPSA) is 67.6 Å². The Morgan fingerprint density at radius 2 is 1.75 bits per heavy atom. The lowest BCUT2D eigenvalue weighted by Gasteiger charge is -2.34. The molecule has 0 saturated heterocycles. The molecule has 6 heteroatoms. The molecule has 0 bridgehead atoms. The maximum atomic E-state index is 13.4. The molecule has 0 amide bonds. The van der Waals surface area contributed by atoms with E-state index in [2.05, 4.69) is 56.2 Å². The quantitative estimate of drug-likeness (QED) is 0.330. The van der Waals surface area contributed by atoms with Crippen molar-refractivity contribution in [3.05, 3.63) is 88.4 Å². The van der Waals surface area contributed by atoms with E-state index in [9.17, 15) is 9.90 Å². The van der Waals surface area contributed by atoms with E-state index in [-0.39, 0.29) is 5.75 Å². The van der Waals surface area contributed by atoms with Crippen LogP contribution >= 0.6 is 0 Å². The van der Waals surface area contributed by atoms with Crippen LogP contribution in [0.1, 0.15) is 66.1 Å². The number of cyclic esters (lactones) is 1. The molecule has 4 aromatic rings. The lowest BCUT2D eigenvalue weighted by atomic mass is 9.77. The lowest BCUT2D eigenvalue weighted by Crippen LogP contribution is -2.33. The van der Waals surface area contributed by atoms with E-state index in [0.717, 1.165) is 53.0 Å². The summed E-state index contributed by atoms with van der Waals surface area (Å²) in [6.45, 7) is 12.6. The van der Waals surface area contributed by atoms with Crippen LogP contribution in [0.3, 0.4) is 0 Å². The monoisotopic (exact) mass is 483 g/mol. The number of ether oxygens (including phenoxy) is 1. The van der Waals surface area contributed by atoms with Gasteiger partial charge in [0, 0.05) is 48.0 Å². The molecule has 2 aromatic heterocycles. The zero-order valence-electron chi connectivity index (χ0n) is 21.6. The second-order valence-corrected chi connectivity index (χ2v) is 9.19. The highest BCUT2D eigenvalue weighted by Crippen LogP contribution is 2.54. The molecule has 0 radical (unpaired) electrons. The third kappa shape index (κ3) is 3.16. The number of phenolic OH excluding ortho intramolecular Hbond substituents is 1. The van der Waals surface area contributed by atoms with E-state index >= 15 is 0 Å². The number of rotatable bonds is 7. The van der Waals surface area contributed by atoms with Crippen molar-refractivity contribution in [3.63, 3.8) is 0 Å². The van der Waals surface area contributed by atoms with Gasteiger partial charge in [-0.15, -0.1) is 0 Å². The van der Waals surface area contributed by atoms with Crippen LogP contribution in [0.4, 0.5) is 5.69 Å². The number of para-hydroxylation sites is 1. The third-order valence-electron chi connectivity index (χ3n) is 7.59. The van der Waals surface area contributed by atoms with E-state index in [4.69, 9.17) is 9.72 Å². The number of carbonyl (C=O) groups excluding carboxylic acids is 1. The summed E-state index contributed by atoms with van der Waals surface area (Å²) in [7, 11) is 0. The van der Waals surface area contributed by atoms with Crippen molar-refractivity contribution in [2.75, 3.05) is 18.0 Å². The molecule has 0 spiro atoms. The predicted octanol–water partition coefficient (Wildman–Crippen LogP) is 5.94. The Kier molecular flexibility index (Phi) is 5.99. The van der Waals surface area contributed by atoms with Crippen LogP contribution in [-0.4, -0.2) is 33.7 Å². The van der Waals surface area contributed by atoms with Gasteiger partial charge >= 0.3 is 5.97 Å². The molecule has 0 saturated carbocycles. The van der Waals surface area contributed by atoms with E-state index in [1.807, 2.05) is 24.3 Å². The fraction of sp³-hybridized carbons (Fsp3) is 0.333. The molecular formula is C30H33N3O3. The number of aryl methyl sites for hydroxylation is 2. The van der Waals surface area contributed by atoms with Crippen LogP contribution in [0.15, 0.2) is 54.7 Å². The first-order chi connectivity index (χ1) is 17.4. The summed E-state index contributed by atoms with van der Waals surface area (Å²) in [5.41, 5.74) is 4.72. The standard InChI is InChI=1S/C30H33N3O3/c1-6-20-16-17-24(32(7-2)8-3)27(34)26(20)30(28-22(29(35)36-30)14-12-18-31-28)25-19(5)33(9-4)23-15-11-10-13-21(23)25/h10-18,34H,6-9H2,1-5H3. The van der Waals surface area contributed by atoms with Crippen molar-refractivity contribution in [1.82, 2.24) is 9.55 Å². The summed E-state index contributed by atoms with van der Waals surface area (Å²) in [4.78, 5) is 20.3. The largest absolute Gasteiger partial charge is 0.505 e. The highest BCUT2D eigenvalue weighted by Gasteiger charge is 2.55. The Bertz CT molecular complexity index is 1470. The second kappa shape index (κ2) is 9.01. The van der Waals surface area contributed by atoms with Crippen LogP contribution in [0.5, 0.6) is 5.75 Å². The molecule has 0 aliphatic carbocycles. The molecule has 5 rings (SSSR count). The SMILES string of the molecule is CCc1ccc(N(CC)CC)c(O)c1C1(c2c(C)n(CC)c3ccccc23)OC(=O)c2cccnc21. The average molecular weight is 484 g/mol. The Balaban J connectivity index is 1.99. The number of aromatic hydroxyl groups is 1. The lowest BCUT2D eigenvalue weighted by molar-refractivity contribution is 0.0237. The van der Waals surface area contributed by atoms with Crippen LogP contribution < -0.4 is 4.90 Å². The minimum absolute atomic E-state index is 0.136. The number of benzene rings is 2. The molecule has 2 aromatic carbocycles. The molecule has 36 heavy (non-hydrogen) atoms. The number of nitrogens with zero attached hydrogens (tertiary/aromatic N) is 3. The van der Waals surface area contributed by atoms with Gasteiger partial charge < -0.3 is 19.3 Å². The number of hydrogen-bond donors (Lipinski definition) is 1. The zero-order valence-corrected chi connectivity index (χ0v) is 21.6. The van der Waals surface area contributed by atoms with Gasteiger partial charge in [-0.05, 0) is 63.9 Å². The predicted molar refractivity (Wildman–Crippen MR) is 143 cm³/mol. The van der Waals surface area contributed by atoms with Gasteiger partial charge in [-0.3, -0.25) is 4.98 Å². The molecule has 0 fully saturated rings. The molecular weight excluding hydrogens is 450 g/mol. The highest BCUT2D eigenvalue weighted by atomic mass is 16.6. The van der Waals surface area contributed by atoms with Crippen LogP contribution in [-0.2, 0) is 23.3 Å². The van der Waals surface area contributed by atoms with Crippen molar-refractivity contribution in [3.8, 4) is 5.75 Å². The van der Waals surface area contributed by atoms with Gasteiger partial charge in [-0.1, -0.05) is 31.2 Å². The summed E-state index contributed by atoms with van der Waals surface area (Å²) >= 11 is 0.